The van der Waals surface area contributed by atoms with Crippen molar-refractivity contribution in [2.45, 2.75) is 12.6 Å². The highest BCUT2D eigenvalue weighted by Gasteiger charge is 2.34. The zero-order valence-electron chi connectivity index (χ0n) is 10.3. The number of aromatic hydroxyl groups is 1. The van der Waals surface area contributed by atoms with Crippen LogP contribution in [0.2, 0.25) is 0 Å². The van der Waals surface area contributed by atoms with E-state index in [4.69, 9.17) is 0 Å². The summed E-state index contributed by atoms with van der Waals surface area (Å²) in [6, 6.07) is 10.0. The van der Waals surface area contributed by atoms with Gasteiger partial charge in [0.2, 0.25) is 0 Å². The van der Waals surface area contributed by atoms with Crippen molar-refractivity contribution in [1.29, 1.82) is 0 Å². The molecule has 104 valence electrons. The van der Waals surface area contributed by atoms with Crippen LogP contribution in [0, 0.1) is 0 Å². The van der Waals surface area contributed by atoms with E-state index >= 15 is 0 Å². The van der Waals surface area contributed by atoms with Gasteiger partial charge in [-0.3, -0.25) is 4.79 Å². The summed E-state index contributed by atoms with van der Waals surface area (Å²) >= 11 is 0. The lowest BCUT2D eigenvalue weighted by molar-refractivity contribution is -0.138. The Labute approximate surface area is 113 Å². The molecule has 0 aromatic heterocycles. The molecule has 5 heteroatoms. The number of aldehydes is 1. The van der Waals surface area contributed by atoms with Gasteiger partial charge in [-0.2, -0.15) is 13.2 Å². The van der Waals surface area contributed by atoms with Crippen molar-refractivity contribution < 1.29 is 23.1 Å². The maximum atomic E-state index is 12.7. The Morgan fingerprint density at radius 1 is 1.10 bits per heavy atom. The van der Waals surface area contributed by atoms with Crippen molar-refractivity contribution in [3.05, 3.63) is 64.7 Å². The molecule has 2 aromatic carbocycles. The van der Waals surface area contributed by atoms with Gasteiger partial charge in [0.1, 0.15) is 12.0 Å². The summed E-state index contributed by atoms with van der Waals surface area (Å²) in [7, 11) is 0. The lowest BCUT2D eigenvalue weighted by atomic mass is 10.00. The van der Waals surface area contributed by atoms with E-state index in [1.54, 1.807) is 24.3 Å². The molecule has 1 N–H and O–H groups in total. The van der Waals surface area contributed by atoms with Crippen LogP contribution in [0.15, 0.2) is 42.5 Å². The van der Waals surface area contributed by atoms with Gasteiger partial charge in [0.15, 0.2) is 0 Å². The second kappa shape index (κ2) is 5.36. The Morgan fingerprint density at radius 3 is 2.45 bits per heavy atom. The van der Waals surface area contributed by atoms with Gasteiger partial charge in [0.05, 0.1) is 5.56 Å². The third-order valence-electron chi connectivity index (χ3n) is 2.91. The Hall–Kier alpha value is -2.30. The SMILES string of the molecule is O=Cc1cccc(Cc2cccc(C(F)(F)F)c2O)c1. The Kier molecular flexibility index (Phi) is 3.79. The molecule has 0 radical (unpaired) electrons. The first-order chi connectivity index (χ1) is 9.41. The molecule has 0 atom stereocenters. The molecular weight excluding hydrogens is 269 g/mol. The van der Waals surface area contributed by atoms with Gasteiger partial charge in [0, 0.05) is 12.0 Å². The van der Waals surface area contributed by atoms with E-state index in [0.29, 0.717) is 17.4 Å². The molecule has 0 amide bonds. The minimum Gasteiger partial charge on any atom is -0.507 e. The quantitative estimate of drug-likeness (QED) is 0.868. The van der Waals surface area contributed by atoms with E-state index < -0.39 is 17.5 Å². The minimum absolute atomic E-state index is 0.122. The topological polar surface area (TPSA) is 37.3 Å². The number of phenolic OH excluding ortho intramolecular Hbond substituents is 1. The molecule has 0 aliphatic rings. The third-order valence-corrected chi connectivity index (χ3v) is 2.91. The van der Waals surface area contributed by atoms with Gasteiger partial charge >= 0.3 is 6.18 Å². The molecule has 2 aromatic rings. The van der Waals surface area contributed by atoms with E-state index in [2.05, 4.69) is 0 Å². The maximum Gasteiger partial charge on any atom is 0.419 e. The third kappa shape index (κ3) is 2.99. The van der Waals surface area contributed by atoms with Crippen LogP contribution in [0.25, 0.3) is 0 Å². The van der Waals surface area contributed by atoms with Crippen LogP contribution in [0.4, 0.5) is 13.2 Å². The van der Waals surface area contributed by atoms with E-state index in [1.165, 1.54) is 12.1 Å². The second-order valence-corrected chi connectivity index (χ2v) is 4.35. The molecular formula is C15H11F3O2. The Morgan fingerprint density at radius 2 is 1.80 bits per heavy atom. The zero-order valence-corrected chi connectivity index (χ0v) is 10.3. The van der Waals surface area contributed by atoms with Gasteiger partial charge in [0.25, 0.3) is 0 Å². The van der Waals surface area contributed by atoms with Crippen molar-refractivity contribution in [1.82, 2.24) is 0 Å². The van der Waals surface area contributed by atoms with Crippen LogP contribution < -0.4 is 0 Å². The summed E-state index contributed by atoms with van der Waals surface area (Å²) < 4.78 is 38.0. The fourth-order valence-electron chi connectivity index (χ4n) is 1.96. The average Bonchev–Trinajstić information content (AvgIpc) is 2.40. The summed E-state index contributed by atoms with van der Waals surface area (Å²) in [6.07, 6.45) is -3.81. The first-order valence-corrected chi connectivity index (χ1v) is 5.84. The molecule has 0 fully saturated rings. The van der Waals surface area contributed by atoms with Gasteiger partial charge in [-0.1, -0.05) is 30.3 Å². The fraction of sp³-hybridized carbons (Fsp3) is 0.133. The number of hydrogen-bond acceptors (Lipinski definition) is 2. The molecule has 0 spiro atoms. The highest BCUT2D eigenvalue weighted by Crippen LogP contribution is 2.37. The molecule has 0 unspecified atom stereocenters. The summed E-state index contributed by atoms with van der Waals surface area (Å²) in [6.45, 7) is 0. The number of para-hydroxylation sites is 1. The Balaban J connectivity index is 2.36. The van der Waals surface area contributed by atoms with Crippen LogP contribution in [-0.4, -0.2) is 11.4 Å². The highest BCUT2D eigenvalue weighted by molar-refractivity contribution is 5.75. The molecule has 0 heterocycles. The summed E-state index contributed by atoms with van der Waals surface area (Å²) in [4.78, 5) is 10.7. The zero-order chi connectivity index (χ0) is 14.8. The lowest BCUT2D eigenvalue weighted by Crippen LogP contribution is -2.06. The molecule has 20 heavy (non-hydrogen) atoms. The van der Waals surface area contributed by atoms with Gasteiger partial charge in [-0.15, -0.1) is 0 Å². The maximum absolute atomic E-state index is 12.7. The van der Waals surface area contributed by atoms with Gasteiger partial charge in [-0.05, 0) is 23.3 Å². The summed E-state index contributed by atoms with van der Waals surface area (Å²) in [5, 5.41) is 9.72. The molecule has 0 aliphatic carbocycles. The number of halogens is 3. The monoisotopic (exact) mass is 280 g/mol. The number of hydrogen-bond donors (Lipinski definition) is 1. The van der Waals surface area contributed by atoms with E-state index in [1.807, 2.05) is 0 Å². The standard InChI is InChI=1S/C15H11F3O2/c16-15(17,18)13-6-2-5-12(14(13)20)8-10-3-1-4-11(7-10)9-19/h1-7,9,20H,8H2. The van der Waals surface area contributed by atoms with Gasteiger partial charge < -0.3 is 5.11 Å². The van der Waals surface area contributed by atoms with Crippen molar-refractivity contribution in [2.24, 2.45) is 0 Å². The van der Waals surface area contributed by atoms with E-state index in [9.17, 15) is 23.1 Å². The van der Waals surface area contributed by atoms with E-state index in [-0.39, 0.29) is 12.0 Å². The van der Waals surface area contributed by atoms with Crippen LogP contribution in [-0.2, 0) is 12.6 Å². The Bertz CT molecular complexity index is 633. The van der Waals surface area contributed by atoms with Crippen molar-refractivity contribution in [3.63, 3.8) is 0 Å². The lowest BCUT2D eigenvalue weighted by Gasteiger charge is -2.12. The number of alkyl halides is 3. The second-order valence-electron chi connectivity index (χ2n) is 4.35. The number of carbonyl (C=O) groups excluding carboxylic acids is 1. The fourth-order valence-corrected chi connectivity index (χ4v) is 1.96. The number of rotatable bonds is 3. The van der Waals surface area contributed by atoms with Crippen LogP contribution >= 0.6 is 0 Å². The van der Waals surface area contributed by atoms with Gasteiger partial charge in [-0.25, -0.2) is 0 Å². The smallest absolute Gasteiger partial charge is 0.419 e. The summed E-state index contributed by atoms with van der Waals surface area (Å²) in [5.41, 5.74) is 0.211. The van der Waals surface area contributed by atoms with Crippen LogP contribution in [0.1, 0.15) is 27.0 Å². The first kappa shape index (κ1) is 14.1. The number of carbonyl (C=O) groups is 1. The predicted molar refractivity (Wildman–Crippen MR) is 67.7 cm³/mol. The molecule has 0 bridgehead atoms. The molecule has 0 aliphatic heterocycles. The summed E-state index contributed by atoms with van der Waals surface area (Å²) in [5.74, 6) is -0.767. The predicted octanol–water partition coefficient (Wildman–Crippen LogP) is 3.81. The molecule has 2 nitrogen and oxygen atoms in total. The van der Waals surface area contributed by atoms with E-state index in [0.717, 1.165) is 6.07 Å². The molecule has 0 saturated carbocycles. The molecule has 0 saturated heterocycles. The minimum atomic E-state index is -4.59. The van der Waals surface area contributed by atoms with Crippen molar-refractivity contribution in [3.8, 4) is 5.75 Å². The van der Waals surface area contributed by atoms with Crippen molar-refractivity contribution in [2.75, 3.05) is 0 Å². The molecule has 2 rings (SSSR count). The average molecular weight is 280 g/mol. The first-order valence-electron chi connectivity index (χ1n) is 5.84. The van der Waals surface area contributed by atoms with Crippen molar-refractivity contribution >= 4 is 6.29 Å². The highest BCUT2D eigenvalue weighted by atomic mass is 19.4. The van der Waals surface area contributed by atoms with Crippen LogP contribution in [0.3, 0.4) is 0 Å². The normalized spacial score (nSPS) is 11.3. The number of phenols is 1. The van der Waals surface area contributed by atoms with Crippen LogP contribution in [0.5, 0.6) is 5.75 Å². The number of benzene rings is 2. The largest absolute Gasteiger partial charge is 0.507 e.